The molecule has 0 fully saturated rings. The van der Waals surface area contributed by atoms with Crippen molar-refractivity contribution >= 4 is 8.80 Å². The van der Waals surface area contributed by atoms with E-state index in [0.717, 1.165) is 45.5 Å². The average Bonchev–Trinajstić information content (AvgIpc) is 2.63. The summed E-state index contributed by atoms with van der Waals surface area (Å²) in [6.07, 6.45) is 16.2. The number of unbranched alkanes of at least 4 members (excludes halogenated alkanes) is 8. The highest BCUT2D eigenvalue weighted by molar-refractivity contribution is 6.66. The number of allylic oxidation sites excluding steroid dienone is 1. The minimum Gasteiger partial charge on any atom is -0.370 e. The fourth-order valence-corrected chi connectivity index (χ4v) is 4.80. The van der Waals surface area contributed by atoms with Gasteiger partial charge in [-0.2, -0.15) is 0 Å². The van der Waals surface area contributed by atoms with Gasteiger partial charge >= 0.3 is 8.80 Å². The van der Waals surface area contributed by atoms with E-state index in [4.69, 9.17) is 13.3 Å². The largest absolute Gasteiger partial charge is 0.529 e. The molecular formula is C21H44O3Si. The molecule has 0 radical (unpaired) electrons. The second-order valence-electron chi connectivity index (χ2n) is 6.81. The molecule has 150 valence electrons. The molecule has 3 nitrogen and oxygen atoms in total. The Hall–Kier alpha value is -0.163. The van der Waals surface area contributed by atoms with Crippen LogP contribution in [-0.4, -0.2) is 28.6 Å². The molecule has 4 heteroatoms. The Kier molecular flexibility index (Phi) is 18.5. The minimum atomic E-state index is -2.68. The fourth-order valence-electron chi connectivity index (χ4n) is 2.52. The first kappa shape index (κ1) is 24.8. The number of rotatable bonds is 19. The third kappa shape index (κ3) is 14.7. The van der Waals surface area contributed by atoms with Gasteiger partial charge in [0.2, 0.25) is 0 Å². The summed E-state index contributed by atoms with van der Waals surface area (Å²) in [5.41, 5.74) is 2.16. The SMILES string of the molecule is CCCCC=C[Si](OCCCCC)(OCCCCC)OCCCCC. The van der Waals surface area contributed by atoms with Crippen LogP contribution in [0.15, 0.2) is 11.8 Å². The molecule has 0 heterocycles. The van der Waals surface area contributed by atoms with E-state index in [1.807, 2.05) is 0 Å². The molecule has 0 aliphatic carbocycles. The summed E-state index contributed by atoms with van der Waals surface area (Å²) in [5, 5.41) is 0. The maximum absolute atomic E-state index is 6.28. The lowest BCUT2D eigenvalue weighted by atomic mass is 10.2. The highest BCUT2D eigenvalue weighted by Gasteiger charge is 2.38. The number of hydrogen-bond donors (Lipinski definition) is 0. The van der Waals surface area contributed by atoms with Crippen molar-refractivity contribution in [1.82, 2.24) is 0 Å². The molecule has 0 aliphatic rings. The molecule has 0 saturated heterocycles. The number of hydrogen-bond acceptors (Lipinski definition) is 3. The van der Waals surface area contributed by atoms with Gasteiger partial charge in [-0.3, -0.25) is 0 Å². The van der Waals surface area contributed by atoms with Crippen LogP contribution in [0.3, 0.4) is 0 Å². The van der Waals surface area contributed by atoms with Crippen molar-refractivity contribution in [3.05, 3.63) is 11.8 Å². The van der Waals surface area contributed by atoms with Crippen LogP contribution in [0.4, 0.5) is 0 Å². The van der Waals surface area contributed by atoms with Crippen molar-refractivity contribution in [1.29, 1.82) is 0 Å². The fraction of sp³-hybridized carbons (Fsp3) is 0.905. The lowest BCUT2D eigenvalue weighted by Crippen LogP contribution is -2.45. The van der Waals surface area contributed by atoms with Gasteiger partial charge in [-0.25, -0.2) is 0 Å². The van der Waals surface area contributed by atoms with Crippen molar-refractivity contribution < 1.29 is 13.3 Å². The first-order valence-electron chi connectivity index (χ1n) is 10.8. The van der Waals surface area contributed by atoms with Crippen molar-refractivity contribution in [2.45, 2.75) is 105 Å². The summed E-state index contributed by atoms with van der Waals surface area (Å²) in [4.78, 5) is 0. The highest BCUT2D eigenvalue weighted by Crippen LogP contribution is 2.17. The van der Waals surface area contributed by atoms with E-state index in [-0.39, 0.29) is 0 Å². The Bertz CT molecular complexity index is 264. The molecule has 0 aromatic carbocycles. The molecule has 25 heavy (non-hydrogen) atoms. The zero-order valence-corrected chi connectivity index (χ0v) is 18.5. The lowest BCUT2D eigenvalue weighted by molar-refractivity contribution is 0.0675. The van der Waals surface area contributed by atoms with Gasteiger partial charge in [0.25, 0.3) is 0 Å². The molecule has 0 aromatic heterocycles. The normalized spacial score (nSPS) is 12.3. The van der Waals surface area contributed by atoms with Gasteiger partial charge < -0.3 is 13.3 Å². The Balaban J connectivity index is 4.76. The molecule has 0 bridgehead atoms. The van der Waals surface area contributed by atoms with Crippen molar-refractivity contribution in [2.24, 2.45) is 0 Å². The van der Waals surface area contributed by atoms with E-state index >= 15 is 0 Å². The van der Waals surface area contributed by atoms with Crippen LogP contribution in [0, 0.1) is 0 Å². The van der Waals surface area contributed by atoms with Crippen LogP contribution in [-0.2, 0) is 13.3 Å². The molecular weight excluding hydrogens is 328 g/mol. The summed E-state index contributed by atoms with van der Waals surface area (Å²) in [6, 6.07) is 0. The molecule has 0 N–H and O–H groups in total. The smallest absolute Gasteiger partial charge is 0.370 e. The molecule has 0 rings (SSSR count). The summed E-state index contributed by atoms with van der Waals surface area (Å²) in [6.45, 7) is 11.1. The maximum atomic E-state index is 6.28. The van der Waals surface area contributed by atoms with E-state index in [1.165, 1.54) is 51.4 Å². The van der Waals surface area contributed by atoms with Crippen LogP contribution in [0.5, 0.6) is 0 Å². The molecule has 0 amide bonds. The van der Waals surface area contributed by atoms with E-state index in [2.05, 4.69) is 39.5 Å². The van der Waals surface area contributed by atoms with E-state index in [1.54, 1.807) is 0 Å². The maximum Gasteiger partial charge on any atom is 0.529 e. The highest BCUT2D eigenvalue weighted by atomic mass is 28.4. The van der Waals surface area contributed by atoms with Gasteiger partial charge in [-0.15, -0.1) is 0 Å². The van der Waals surface area contributed by atoms with Crippen molar-refractivity contribution in [2.75, 3.05) is 19.8 Å². The van der Waals surface area contributed by atoms with Crippen LogP contribution < -0.4 is 0 Å². The zero-order valence-electron chi connectivity index (χ0n) is 17.5. The summed E-state index contributed by atoms with van der Waals surface area (Å²) in [7, 11) is -2.68. The zero-order chi connectivity index (χ0) is 18.6. The van der Waals surface area contributed by atoms with Gasteiger partial charge in [0.1, 0.15) is 0 Å². The Morgan fingerprint density at radius 3 is 1.32 bits per heavy atom. The second kappa shape index (κ2) is 18.6. The topological polar surface area (TPSA) is 27.7 Å². The average molecular weight is 373 g/mol. The van der Waals surface area contributed by atoms with E-state index in [9.17, 15) is 0 Å². The molecule has 0 unspecified atom stereocenters. The van der Waals surface area contributed by atoms with Crippen LogP contribution in [0.2, 0.25) is 0 Å². The Morgan fingerprint density at radius 1 is 0.560 bits per heavy atom. The molecule has 0 aromatic rings. The first-order chi connectivity index (χ1) is 12.2. The summed E-state index contributed by atoms with van der Waals surface area (Å²) < 4.78 is 18.8. The first-order valence-corrected chi connectivity index (χ1v) is 12.6. The van der Waals surface area contributed by atoms with E-state index in [0.29, 0.717) is 0 Å². The lowest BCUT2D eigenvalue weighted by Gasteiger charge is -2.27. The van der Waals surface area contributed by atoms with Gasteiger partial charge in [-0.1, -0.05) is 85.1 Å². The second-order valence-corrected chi connectivity index (χ2v) is 9.22. The van der Waals surface area contributed by atoms with Gasteiger partial charge in [0, 0.05) is 19.8 Å². The van der Waals surface area contributed by atoms with Gasteiger partial charge in [0.15, 0.2) is 0 Å². The Morgan fingerprint density at radius 2 is 0.960 bits per heavy atom. The van der Waals surface area contributed by atoms with Gasteiger partial charge in [-0.05, 0) is 31.4 Å². The monoisotopic (exact) mass is 372 g/mol. The molecule has 0 atom stereocenters. The quantitative estimate of drug-likeness (QED) is 0.184. The van der Waals surface area contributed by atoms with Crippen molar-refractivity contribution in [3.8, 4) is 0 Å². The molecule has 0 spiro atoms. The van der Waals surface area contributed by atoms with Crippen molar-refractivity contribution in [3.63, 3.8) is 0 Å². The third-order valence-electron chi connectivity index (χ3n) is 4.20. The van der Waals surface area contributed by atoms with Crippen LogP contribution >= 0.6 is 0 Å². The standard InChI is InChI=1S/C21H44O3Si/c1-5-9-13-17-21-25(22-18-14-10-6-2,23-19-15-11-7-3)24-20-16-12-8-4/h17,21H,5-16,18-20H2,1-4H3. The third-order valence-corrected chi connectivity index (χ3v) is 6.66. The predicted molar refractivity (Wildman–Crippen MR) is 111 cm³/mol. The van der Waals surface area contributed by atoms with E-state index < -0.39 is 8.80 Å². The molecule has 0 aliphatic heterocycles. The summed E-state index contributed by atoms with van der Waals surface area (Å²) >= 11 is 0. The minimum absolute atomic E-state index is 0.750. The van der Waals surface area contributed by atoms with Gasteiger partial charge in [0.05, 0.1) is 0 Å². The summed E-state index contributed by atoms with van der Waals surface area (Å²) in [5.74, 6) is 0. The molecule has 0 saturated carbocycles. The van der Waals surface area contributed by atoms with Crippen LogP contribution in [0.25, 0.3) is 0 Å². The predicted octanol–water partition coefficient (Wildman–Crippen LogP) is 6.83. The van der Waals surface area contributed by atoms with Crippen LogP contribution in [0.1, 0.15) is 105 Å². The Labute approximate surface area is 158 Å².